The molecular weight excluding hydrogens is 277 g/mol. The highest BCUT2D eigenvalue weighted by molar-refractivity contribution is 6.31. The third-order valence-corrected chi connectivity index (χ3v) is 3.37. The second-order valence-corrected chi connectivity index (χ2v) is 5.02. The molecule has 1 atom stereocenters. The normalized spacial score (nSPS) is 11.9. The van der Waals surface area contributed by atoms with Gasteiger partial charge in [0.15, 0.2) is 0 Å². The zero-order valence-corrected chi connectivity index (χ0v) is 11.8. The van der Waals surface area contributed by atoms with Gasteiger partial charge in [0.05, 0.1) is 12.5 Å². The van der Waals surface area contributed by atoms with Gasteiger partial charge in [0.1, 0.15) is 5.82 Å². The van der Waals surface area contributed by atoms with E-state index in [0.717, 1.165) is 11.1 Å². The standard InChI is InChI=1S/C16H15ClFNO/c1-11(14-4-2-3-5-15(14)17)19-16(20)10-12-6-8-13(18)9-7-12/h2-9,11H,10H2,1H3,(H,19,20). The molecule has 0 saturated heterocycles. The molecule has 2 nitrogen and oxygen atoms in total. The number of carbonyl (C=O) groups is 1. The molecule has 0 aliphatic heterocycles. The fourth-order valence-electron chi connectivity index (χ4n) is 1.98. The van der Waals surface area contributed by atoms with Crippen LogP contribution in [0.5, 0.6) is 0 Å². The Morgan fingerprint density at radius 3 is 2.50 bits per heavy atom. The van der Waals surface area contributed by atoms with Crippen LogP contribution in [0.25, 0.3) is 0 Å². The van der Waals surface area contributed by atoms with Gasteiger partial charge in [0, 0.05) is 5.02 Å². The largest absolute Gasteiger partial charge is 0.349 e. The van der Waals surface area contributed by atoms with Crippen molar-refractivity contribution in [3.63, 3.8) is 0 Å². The van der Waals surface area contributed by atoms with Gasteiger partial charge in [-0.15, -0.1) is 0 Å². The fourth-order valence-corrected chi connectivity index (χ4v) is 2.28. The number of hydrogen-bond acceptors (Lipinski definition) is 1. The molecule has 0 saturated carbocycles. The first-order chi connectivity index (χ1) is 9.56. The molecule has 0 fully saturated rings. The molecule has 0 radical (unpaired) electrons. The van der Waals surface area contributed by atoms with Gasteiger partial charge in [0.2, 0.25) is 5.91 Å². The molecule has 0 aliphatic rings. The Hall–Kier alpha value is -1.87. The lowest BCUT2D eigenvalue weighted by atomic mass is 10.1. The Morgan fingerprint density at radius 1 is 1.20 bits per heavy atom. The zero-order chi connectivity index (χ0) is 14.5. The Morgan fingerprint density at radius 2 is 1.85 bits per heavy atom. The predicted molar refractivity (Wildman–Crippen MR) is 78.1 cm³/mol. The van der Waals surface area contributed by atoms with Gasteiger partial charge < -0.3 is 5.32 Å². The van der Waals surface area contributed by atoms with Gasteiger partial charge in [-0.3, -0.25) is 4.79 Å². The van der Waals surface area contributed by atoms with Gasteiger partial charge in [-0.1, -0.05) is 41.9 Å². The minimum Gasteiger partial charge on any atom is -0.349 e. The van der Waals surface area contributed by atoms with Gasteiger partial charge in [-0.25, -0.2) is 4.39 Å². The molecular formula is C16H15ClFNO. The van der Waals surface area contributed by atoms with Crippen LogP contribution in [0.4, 0.5) is 4.39 Å². The van der Waals surface area contributed by atoms with E-state index < -0.39 is 0 Å². The number of benzene rings is 2. The number of rotatable bonds is 4. The van der Waals surface area contributed by atoms with Crippen LogP contribution in [-0.4, -0.2) is 5.91 Å². The van der Waals surface area contributed by atoms with E-state index in [2.05, 4.69) is 5.32 Å². The molecule has 20 heavy (non-hydrogen) atoms. The third kappa shape index (κ3) is 3.81. The van der Waals surface area contributed by atoms with Gasteiger partial charge in [-0.2, -0.15) is 0 Å². The maximum absolute atomic E-state index is 12.8. The molecule has 1 unspecified atom stereocenters. The van der Waals surface area contributed by atoms with Crippen LogP contribution < -0.4 is 5.32 Å². The lowest BCUT2D eigenvalue weighted by molar-refractivity contribution is -0.121. The highest BCUT2D eigenvalue weighted by Crippen LogP contribution is 2.22. The lowest BCUT2D eigenvalue weighted by Crippen LogP contribution is -2.28. The molecule has 2 rings (SSSR count). The third-order valence-electron chi connectivity index (χ3n) is 3.03. The second-order valence-electron chi connectivity index (χ2n) is 4.61. The Bertz CT molecular complexity index is 598. The summed E-state index contributed by atoms with van der Waals surface area (Å²) in [6.45, 7) is 1.88. The van der Waals surface area contributed by atoms with Crippen molar-refractivity contribution in [2.75, 3.05) is 0 Å². The smallest absolute Gasteiger partial charge is 0.224 e. The van der Waals surface area contributed by atoms with E-state index in [-0.39, 0.29) is 24.2 Å². The fraction of sp³-hybridized carbons (Fsp3) is 0.188. The molecule has 4 heteroatoms. The van der Waals surface area contributed by atoms with E-state index in [1.807, 2.05) is 25.1 Å². The average molecular weight is 292 g/mol. The molecule has 1 amide bonds. The highest BCUT2D eigenvalue weighted by atomic mass is 35.5. The monoisotopic (exact) mass is 291 g/mol. The van der Waals surface area contributed by atoms with E-state index in [9.17, 15) is 9.18 Å². The molecule has 2 aromatic rings. The summed E-state index contributed by atoms with van der Waals surface area (Å²) in [5.74, 6) is -0.428. The van der Waals surface area contributed by atoms with Crippen molar-refractivity contribution in [3.05, 3.63) is 70.5 Å². The maximum Gasteiger partial charge on any atom is 0.224 e. The zero-order valence-electron chi connectivity index (χ0n) is 11.1. The van der Waals surface area contributed by atoms with Crippen molar-refractivity contribution in [3.8, 4) is 0 Å². The Balaban J connectivity index is 1.98. The van der Waals surface area contributed by atoms with Crippen molar-refractivity contribution >= 4 is 17.5 Å². The van der Waals surface area contributed by atoms with Crippen molar-refractivity contribution in [1.29, 1.82) is 0 Å². The quantitative estimate of drug-likeness (QED) is 0.909. The summed E-state index contributed by atoms with van der Waals surface area (Å²) < 4.78 is 12.8. The second kappa shape index (κ2) is 6.53. The lowest BCUT2D eigenvalue weighted by Gasteiger charge is -2.15. The van der Waals surface area contributed by atoms with Crippen LogP contribution in [-0.2, 0) is 11.2 Å². The number of hydrogen-bond donors (Lipinski definition) is 1. The highest BCUT2D eigenvalue weighted by Gasteiger charge is 2.12. The predicted octanol–water partition coefficient (Wildman–Crippen LogP) is 3.90. The molecule has 0 aromatic heterocycles. The summed E-state index contributed by atoms with van der Waals surface area (Å²) in [5.41, 5.74) is 1.65. The van der Waals surface area contributed by atoms with Crippen LogP contribution in [0.15, 0.2) is 48.5 Å². The van der Waals surface area contributed by atoms with Crippen molar-refractivity contribution in [1.82, 2.24) is 5.32 Å². The minimum atomic E-state index is -0.307. The van der Waals surface area contributed by atoms with E-state index in [4.69, 9.17) is 11.6 Å². The molecule has 0 aliphatic carbocycles. The number of nitrogens with one attached hydrogen (secondary N) is 1. The molecule has 0 bridgehead atoms. The first kappa shape index (κ1) is 14.5. The first-order valence-electron chi connectivity index (χ1n) is 6.34. The molecule has 1 N–H and O–H groups in total. The summed E-state index contributed by atoms with van der Waals surface area (Å²) in [4.78, 5) is 11.9. The van der Waals surface area contributed by atoms with E-state index in [0.29, 0.717) is 5.02 Å². The SMILES string of the molecule is CC(NC(=O)Cc1ccc(F)cc1)c1ccccc1Cl. The van der Waals surface area contributed by atoms with Crippen LogP contribution in [0, 0.1) is 5.82 Å². The van der Waals surface area contributed by atoms with E-state index in [1.165, 1.54) is 12.1 Å². The summed E-state index contributed by atoms with van der Waals surface area (Å²) in [6.07, 6.45) is 0.217. The average Bonchev–Trinajstić information content (AvgIpc) is 2.41. The molecule has 0 spiro atoms. The molecule has 2 aromatic carbocycles. The van der Waals surface area contributed by atoms with Gasteiger partial charge in [0.25, 0.3) is 0 Å². The molecule has 0 heterocycles. The summed E-state index contributed by atoms with van der Waals surface area (Å²) in [5, 5.41) is 3.51. The van der Waals surface area contributed by atoms with Crippen molar-refractivity contribution < 1.29 is 9.18 Å². The minimum absolute atomic E-state index is 0.121. The Labute approximate surface area is 122 Å². The first-order valence-corrected chi connectivity index (χ1v) is 6.72. The van der Waals surface area contributed by atoms with Gasteiger partial charge in [-0.05, 0) is 36.2 Å². The number of carbonyl (C=O) groups excluding carboxylic acids is 1. The summed E-state index contributed by atoms with van der Waals surface area (Å²) in [7, 11) is 0. The van der Waals surface area contributed by atoms with Gasteiger partial charge >= 0.3 is 0 Å². The summed E-state index contributed by atoms with van der Waals surface area (Å²) >= 11 is 6.09. The van der Waals surface area contributed by atoms with Crippen molar-refractivity contribution in [2.24, 2.45) is 0 Å². The number of halogens is 2. The van der Waals surface area contributed by atoms with Crippen molar-refractivity contribution in [2.45, 2.75) is 19.4 Å². The summed E-state index contributed by atoms with van der Waals surface area (Å²) in [6, 6.07) is 13.1. The van der Waals surface area contributed by atoms with Crippen LogP contribution in [0.2, 0.25) is 5.02 Å². The topological polar surface area (TPSA) is 29.1 Å². The number of amides is 1. The van der Waals surface area contributed by atoms with Crippen LogP contribution in [0.3, 0.4) is 0 Å². The van der Waals surface area contributed by atoms with E-state index in [1.54, 1.807) is 18.2 Å². The van der Waals surface area contributed by atoms with E-state index >= 15 is 0 Å². The maximum atomic E-state index is 12.8. The van der Waals surface area contributed by atoms with Crippen LogP contribution in [0.1, 0.15) is 24.1 Å². The Kier molecular flexibility index (Phi) is 4.74. The molecule has 104 valence electrons. The van der Waals surface area contributed by atoms with Crippen LogP contribution >= 0.6 is 11.6 Å².